The number of hydrogen-bond acceptors (Lipinski definition) is 5. The monoisotopic (exact) mass is 419 g/mol. The van der Waals surface area contributed by atoms with Gasteiger partial charge in [0.2, 0.25) is 0 Å². The van der Waals surface area contributed by atoms with E-state index < -0.39 is 6.10 Å². The van der Waals surface area contributed by atoms with E-state index in [1.165, 1.54) is 0 Å². The van der Waals surface area contributed by atoms with E-state index in [2.05, 4.69) is 15.6 Å². The highest BCUT2D eigenvalue weighted by molar-refractivity contribution is 6.04. The van der Waals surface area contributed by atoms with Gasteiger partial charge in [-0.2, -0.15) is 0 Å². The lowest BCUT2D eigenvalue weighted by Crippen LogP contribution is -2.33. The molecule has 160 valence electrons. The Hall–Kier alpha value is -3.87. The fraction of sp³-hybridized carbons (Fsp3) is 0.208. The highest BCUT2D eigenvalue weighted by atomic mass is 16.5. The number of rotatable bonds is 9. The minimum absolute atomic E-state index is 0.290. The zero-order valence-electron chi connectivity index (χ0n) is 17.5. The highest BCUT2D eigenvalue weighted by Gasteiger charge is 2.21. The molecule has 1 atom stereocenters. The van der Waals surface area contributed by atoms with Crippen LogP contribution >= 0.6 is 0 Å². The summed E-state index contributed by atoms with van der Waals surface area (Å²) in [5.41, 5.74) is 1.68. The smallest absolute Gasteiger partial charge is 0.265 e. The number of pyridine rings is 1. The summed E-state index contributed by atoms with van der Waals surface area (Å²) in [7, 11) is 1.57. The summed E-state index contributed by atoms with van der Waals surface area (Å²) in [5.74, 6) is 0.548. The van der Waals surface area contributed by atoms with Gasteiger partial charge in [-0.25, -0.2) is 0 Å². The number of nitrogens with one attached hydrogen (secondary N) is 2. The number of anilines is 1. The predicted octanol–water partition coefficient (Wildman–Crippen LogP) is 3.82. The molecule has 1 unspecified atom stereocenters. The SMILES string of the molecule is CCC(Oc1cccc(OC)c1)C(=O)Nc1ccccc1C(=O)NCc1cccnc1. The van der Waals surface area contributed by atoms with Crippen LogP contribution in [0.2, 0.25) is 0 Å². The quantitative estimate of drug-likeness (QED) is 0.550. The minimum atomic E-state index is -0.724. The van der Waals surface area contributed by atoms with E-state index in [9.17, 15) is 9.59 Å². The number of ether oxygens (including phenoxy) is 2. The van der Waals surface area contributed by atoms with Gasteiger partial charge >= 0.3 is 0 Å². The first kappa shape index (κ1) is 21.8. The second-order valence-electron chi connectivity index (χ2n) is 6.77. The van der Waals surface area contributed by atoms with Crippen molar-refractivity contribution in [3.05, 3.63) is 84.2 Å². The van der Waals surface area contributed by atoms with Gasteiger partial charge in [0.05, 0.1) is 18.4 Å². The molecule has 7 nitrogen and oxygen atoms in total. The Balaban J connectivity index is 1.68. The molecule has 7 heteroatoms. The van der Waals surface area contributed by atoms with E-state index in [0.717, 1.165) is 5.56 Å². The molecular weight excluding hydrogens is 394 g/mol. The zero-order valence-corrected chi connectivity index (χ0v) is 17.5. The Bertz CT molecular complexity index is 1020. The second kappa shape index (κ2) is 10.8. The van der Waals surface area contributed by atoms with Crippen LogP contribution in [0.15, 0.2) is 73.1 Å². The molecule has 0 spiro atoms. The Morgan fingerprint density at radius 1 is 1.03 bits per heavy atom. The number of methoxy groups -OCH3 is 1. The molecule has 3 rings (SSSR count). The fourth-order valence-corrected chi connectivity index (χ4v) is 2.94. The van der Waals surface area contributed by atoms with Crippen LogP contribution in [-0.2, 0) is 11.3 Å². The number of benzene rings is 2. The third-order valence-electron chi connectivity index (χ3n) is 4.59. The third kappa shape index (κ3) is 6.05. The van der Waals surface area contributed by atoms with Crippen molar-refractivity contribution in [2.45, 2.75) is 26.0 Å². The van der Waals surface area contributed by atoms with E-state index in [0.29, 0.717) is 35.7 Å². The summed E-state index contributed by atoms with van der Waals surface area (Å²) >= 11 is 0. The average Bonchev–Trinajstić information content (AvgIpc) is 2.82. The summed E-state index contributed by atoms with van der Waals surface area (Å²) in [6.45, 7) is 2.20. The lowest BCUT2D eigenvalue weighted by molar-refractivity contribution is -0.122. The molecule has 1 heterocycles. The summed E-state index contributed by atoms with van der Waals surface area (Å²) in [6, 6.07) is 17.6. The molecule has 3 aromatic rings. The first-order valence-corrected chi connectivity index (χ1v) is 9.98. The van der Waals surface area contributed by atoms with Gasteiger partial charge in [0, 0.05) is 25.0 Å². The molecular formula is C24H25N3O4. The van der Waals surface area contributed by atoms with Gasteiger partial charge in [-0.1, -0.05) is 31.2 Å². The van der Waals surface area contributed by atoms with E-state index >= 15 is 0 Å². The number of nitrogens with zero attached hydrogens (tertiary/aromatic N) is 1. The molecule has 0 aliphatic heterocycles. The van der Waals surface area contributed by atoms with Gasteiger partial charge in [0.25, 0.3) is 11.8 Å². The molecule has 0 fully saturated rings. The van der Waals surface area contributed by atoms with Crippen LogP contribution in [0.1, 0.15) is 29.3 Å². The van der Waals surface area contributed by atoms with Crippen molar-refractivity contribution < 1.29 is 19.1 Å². The van der Waals surface area contributed by atoms with E-state index in [-0.39, 0.29) is 11.8 Å². The molecule has 0 aliphatic rings. The lowest BCUT2D eigenvalue weighted by Gasteiger charge is -2.19. The predicted molar refractivity (Wildman–Crippen MR) is 118 cm³/mol. The molecule has 0 saturated heterocycles. The van der Waals surface area contributed by atoms with E-state index in [4.69, 9.17) is 9.47 Å². The standard InChI is InChI=1S/C24H25N3O4/c1-3-22(31-19-10-6-9-18(14-19)30-2)24(29)27-21-12-5-4-11-20(21)23(28)26-16-17-8-7-13-25-15-17/h4-15,22H,3,16H2,1-2H3,(H,26,28)(H,27,29). The normalized spacial score (nSPS) is 11.3. The maximum absolute atomic E-state index is 12.8. The molecule has 0 bridgehead atoms. The van der Waals surface area contributed by atoms with Crippen molar-refractivity contribution in [3.63, 3.8) is 0 Å². The van der Waals surface area contributed by atoms with Gasteiger partial charge in [-0.3, -0.25) is 14.6 Å². The Morgan fingerprint density at radius 2 is 1.84 bits per heavy atom. The second-order valence-corrected chi connectivity index (χ2v) is 6.77. The van der Waals surface area contributed by atoms with Crippen LogP contribution < -0.4 is 20.1 Å². The molecule has 1 aromatic heterocycles. The Kier molecular flexibility index (Phi) is 7.59. The van der Waals surface area contributed by atoms with Crippen LogP contribution in [0.5, 0.6) is 11.5 Å². The number of para-hydroxylation sites is 1. The maximum Gasteiger partial charge on any atom is 0.265 e. The summed E-state index contributed by atoms with van der Waals surface area (Å²) in [4.78, 5) is 29.6. The summed E-state index contributed by atoms with van der Waals surface area (Å²) < 4.78 is 11.0. The summed E-state index contributed by atoms with van der Waals surface area (Å²) in [5, 5.41) is 5.67. The molecule has 0 radical (unpaired) electrons. The van der Waals surface area contributed by atoms with Crippen molar-refractivity contribution in [2.24, 2.45) is 0 Å². The van der Waals surface area contributed by atoms with Crippen LogP contribution in [0.4, 0.5) is 5.69 Å². The Morgan fingerprint density at radius 3 is 2.58 bits per heavy atom. The first-order valence-electron chi connectivity index (χ1n) is 9.98. The van der Waals surface area contributed by atoms with Gasteiger partial charge in [0.1, 0.15) is 11.5 Å². The Labute approximate surface area is 181 Å². The topological polar surface area (TPSA) is 89.5 Å². The van der Waals surface area contributed by atoms with Crippen LogP contribution in [0, 0.1) is 0 Å². The fourth-order valence-electron chi connectivity index (χ4n) is 2.94. The summed E-state index contributed by atoms with van der Waals surface area (Å²) in [6.07, 6.45) is 3.10. The maximum atomic E-state index is 12.8. The number of aromatic nitrogens is 1. The van der Waals surface area contributed by atoms with Crippen LogP contribution in [-0.4, -0.2) is 30.0 Å². The van der Waals surface area contributed by atoms with Gasteiger partial charge in [-0.05, 0) is 42.3 Å². The zero-order chi connectivity index (χ0) is 22.1. The third-order valence-corrected chi connectivity index (χ3v) is 4.59. The minimum Gasteiger partial charge on any atom is -0.497 e. The van der Waals surface area contributed by atoms with Gasteiger partial charge in [0.15, 0.2) is 6.10 Å². The number of amides is 2. The van der Waals surface area contributed by atoms with E-state index in [1.54, 1.807) is 68.0 Å². The molecule has 2 aromatic carbocycles. The van der Waals surface area contributed by atoms with Crippen molar-refractivity contribution in [1.29, 1.82) is 0 Å². The van der Waals surface area contributed by atoms with Gasteiger partial charge < -0.3 is 20.1 Å². The lowest BCUT2D eigenvalue weighted by atomic mass is 10.1. The number of hydrogen-bond donors (Lipinski definition) is 2. The highest BCUT2D eigenvalue weighted by Crippen LogP contribution is 2.22. The molecule has 2 N–H and O–H groups in total. The molecule has 2 amide bonds. The number of carbonyl (C=O) groups excluding carboxylic acids is 2. The van der Waals surface area contributed by atoms with Crippen LogP contribution in [0.25, 0.3) is 0 Å². The van der Waals surface area contributed by atoms with Crippen LogP contribution in [0.3, 0.4) is 0 Å². The van der Waals surface area contributed by atoms with Gasteiger partial charge in [-0.15, -0.1) is 0 Å². The number of carbonyl (C=O) groups is 2. The average molecular weight is 419 g/mol. The molecule has 0 aliphatic carbocycles. The van der Waals surface area contributed by atoms with Crippen molar-refractivity contribution >= 4 is 17.5 Å². The van der Waals surface area contributed by atoms with E-state index in [1.807, 2.05) is 19.1 Å². The first-order chi connectivity index (χ1) is 15.1. The van der Waals surface area contributed by atoms with Crippen molar-refractivity contribution in [2.75, 3.05) is 12.4 Å². The molecule has 31 heavy (non-hydrogen) atoms. The van der Waals surface area contributed by atoms with Crippen molar-refractivity contribution in [3.8, 4) is 11.5 Å². The largest absolute Gasteiger partial charge is 0.497 e. The van der Waals surface area contributed by atoms with Crippen molar-refractivity contribution in [1.82, 2.24) is 10.3 Å². The molecule has 0 saturated carbocycles.